The lowest BCUT2D eigenvalue weighted by atomic mass is 10.1. The molecule has 0 aromatic heterocycles. The molecule has 0 aliphatic heterocycles. The summed E-state index contributed by atoms with van der Waals surface area (Å²) in [6, 6.07) is 2.60. The zero-order valence-corrected chi connectivity index (χ0v) is 11.0. The van der Waals surface area contributed by atoms with Crippen LogP contribution in [0.3, 0.4) is 0 Å². The van der Waals surface area contributed by atoms with Gasteiger partial charge in [0.2, 0.25) is 5.91 Å². The van der Waals surface area contributed by atoms with Gasteiger partial charge < -0.3 is 20.9 Å². The molecule has 0 saturated heterocycles. The topological polar surface area (TPSA) is 102 Å². The first-order chi connectivity index (χ1) is 8.87. The summed E-state index contributed by atoms with van der Waals surface area (Å²) in [5.74, 6) is -1.37. The number of carboxylic acid groups (broad SMARTS) is 1. The maximum absolute atomic E-state index is 11.8. The number of carbonyl (C=O) groups is 2. The van der Waals surface area contributed by atoms with Crippen LogP contribution in [0, 0.1) is 0 Å². The van der Waals surface area contributed by atoms with Crippen molar-refractivity contribution in [3.63, 3.8) is 0 Å². The number of carboxylic acids is 1. The predicted molar refractivity (Wildman–Crippen MR) is 69.7 cm³/mol. The first-order valence-corrected chi connectivity index (χ1v) is 5.96. The molecule has 1 aliphatic rings. The van der Waals surface area contributed by atoms with Crippen molar-refractivity contribution in [1.82, 2.24) is 0 Å². The van der Waals surface area contributed by atoms with Gasteiger partial charge in [-0.1, -0.05) is 11.6 Å². The van der Waals surface area contributed by atoms with Gasteiger partial charge in [0.05, 0.1) is 23.4 Å². The number of ether oxygens (including phenoxy) is 1. The highest BCUT2D eigenvalue weighted by atomic mass is 35.5. The molecule has 2 rings (SSSR count). The molecule has 0 radical (unpaired) electrons. The fourth-order valence-corrected chi connectivity index (χ4v) is 1.80. The van der Waals surface area contributed by atoms with E-state index in [0.717, 1.165) is 0 Å². The summed E-state index contributed by atoms with van der Waals surface area (Å²) in [7, 11) is 1.34. The molecule has 1 saturated carbocycles. The quantitative estimate of drug-likeness (QED) is 0.777. The number of methoxy groups -OCH3 is 1. The zero-order chi connectivity index (χ0) is 14.2. The lowest BCUT2D eigenvalue weighted by Crippen LogP contribution is -2.37. The van der Waals surface area contributed by atoms with E-state index >= 15 is 0 Å². The van der Waals surface area contributed by atoms with Crippen LogP contribution in [0.4, 0.5) is 5.69 Å². The van der Waals surface area contributed by atoms with Crippen molar-refractivity contribution in [2.24, 2.45) is 5.73 Å². The van der Waals surface area contributed by atoms with Crippen LogP contribution in [-0.4, -0.2) is 29.6 Å². The fraction of sp³-hybridized carbons (Fsp3) is 0.333. The normalized spacial score (nSPS) is 15.7. The van der Waals surface area contributed by atoms with Gasteiger partial charge in [-0.3, -0.25) is 4.79 Å². The molecule has 0 heterocycles. The highest BCUT2D eigenvalue weighted by Gasteiger charge is 2.46. The molecule has 0 spiro atoms. The lowest BCUT2D eigenvalue weighted by Gasteiger charge is -2.14. The molecule has 1 aliphatic carbocycles. The number of nitrogens with one attached hydrogen (secondary N) is 1. The van der Waals surface area contributed by atoms with E-state index in [4.69, 9.17) is 27.2 Å². The Morgan fingerprint density at radius 3 is 2.58 bits per heavy atom. The molecule has 1 aromatic carbocycles. The van der Waals surface area contributed by atoms with E-state index in [0.29, 0.717) is 12.8 Å². The first kappa shape index (κ1) is 13.6. The van der Waals surface area contributed by atoms with E-state index in [9.17, 15) is 9.59 Å². The molecule has 1 fully saturated rings. The molecule has 0 bridgehead atoms. The minimum atomic E-state index is -1.16. The highest BCUT2D eigenvalue weighted by molar-refractivity contribution is 6.34. The number of nitrogens with two attached hydrogens (primary N) is 1. The molecular formula is C12H13ClN2O4. The number of amides is 1. The van der Waals surface area contributed by atoms with Crippen LogP contribution in [0.5, 0.6) is 5.75 Å². The first-order valence-electron chi connectivity index (χ1n) is 5.58. The van der Waals surface area contributed by atoms with Crippen LogP contribution < -0.4 is 15.8 Å². The molecule has 6 nitrogen and oxygen atoms in total. The molecule has 7 heteroatoms. The zero-order valence-electron chi connectivity index (χ0n) is 10.2. The average molecular weight is 285 g/mol. The summed E-state index contributed by atoms with van der Waals surface area (Å²) in [5.41, 5.74) is 5.14. The van der Waals surface area contributed by atoms with Gasteiger partial charge in [0.25, 0.3) is 0 Å². The van der Waals surface area contributed by atoms with Crippen LogP contribution in [-0.2, 0) is 4.79 Å². The molecule has 4 N–H and O–H groups in total. The van der Waals surface area contributed by atoms with Crippen molar-refractivity contribution < 1.29 is 19.4 Å². The highest BCUT2D eigenvalue weighted by Crippen LogP contribution is 2.36. The Morgan fingerprint density at radius 2 is 2.11 bits per heavy atom. The van der Waals surface area contributed by atoms with Gasteiger partial charge in [0, 0.05) is 6.07 Å². The number of rotatable bonds is 4. The van der Waals surface area contributed by atoms with E-state index in [1.807, 2.05) is 0 Å². The fourth-order valence-electron chi connectivity index (χ4n) is 1.59. The van der Waals surface area contributed by atoms with E-state index < -0.39 is 11.5 Å². The van der Waals surface area contributed by atoms with Gasteiger partial charge >= 0.3 is 5.97 Å². The molecule has 1 aromatic rings. The van der Waals surface area contributed by atoms with Crippen LogP contribution in [0.25, 0.3) is 0 Å². The van der Waals surface area contributed by atoms with Crippen molar-refractivity contribution in [1.29, 1.82) is 0 Å². The van der Waals surface area contributed by atoms with Crippen LogP contribution in [0.2, 0.25) is 5.02 Å². The Hall–Kier alpha value is -1.79. The minimum Gasteiger partial charge on any atom is -0.496 e. The molecule has 102 valence electrons. The summed E-state index contributed by atoms with van der Waals surface area (Å²) in [6.07, 6.45) is 1.25. The van der Waals surface area contributed by atoms with Gasteiger partial charge in [-0.05, 0) is 18.9 Å². The number of carbonyl (C=O) groups excluding carboxylic acids is 1. The van der Waals surface area contributed by atoms with Crippen LogP contribution in [0.1, 0.15) is 23.2 Å². The SMILES string of the molecule is COc1cc(NC(=O)C2(N)CC2)c(Cl)cc1C(=O)O. The van der Waals surface area contributed by atoms with E-state index in [2.05, 4.69) is 5.32 Å². The van der Waals surface area contributed by atoms with Crippen molar-refractivity contribution >= 4 is 29.2 Å². The number of hydrogen-bond acceptors (Lipinski definition) is 4. The largest absolute Gasteiger partial charge is 0.496 e. The summed E-state index contributed by atoms with van der Waals surface area (Å²) < 4.78 is 4.96. The summed E-state index contributed by atoms with van der Waals surface area (Å²) >= 11 is 5.94. The van der Waals surface area contributed by atoms with Crippen molar-refractivity contribution in [3.05, 3.63) is 22.7 Å². The number of aromatic carboxylic acids is 1. The monoisotopic (exact) mass is 284 g/mol. The van der Waals surface area contributed by atoms with Crippen molar-refractivity contribution in [3.8, 4) is 5.75 Å². The third-order valence-electron chi connectivity index (χ3n) is 3.01. The van der Waals surface area contributed by atoms with Gasteiger partial charge in [-0.15, -0.1) is 0 Å². The maximum atomic E-state index is 11.8. The summed E-state index contributed by atoms with van der Waals surface area (Å²) in [6.45, 7) is 0. The number of benzene rings is 1. The van der Waals surface area contributed by atoms with E-state index in [1.165, 1.54) is 19.2 Å². The van der Waals surface area contributed by atoms with Gasteiger partial charge in [-0.25, -0.2) is 4.79 Å². The van der Waals surface area contributed by atoms with Gasteiger partial charge in [0.15, 0.2) is 0 Å². The number of halogens is 1. The van der Waals surface area contributed by atoms with Crippen molar-refractivity contribution in [2.45, 2.75) is 18.4 Å². The number of hydrogen-bond donors (Lipinski definition) is 3. The Labute approximate surface area is 114 Å². The second-order valence-electron chi connectivity index (χ2n) is 4.45. The molecule has 0 atom stereocenters. The third kappa shape index (κ3) is 2.64. The van der Waals surface area contributed by atoms with Crippen molar-refractivity contribution in [2.75, 3.05) is 12.4 Å². The summed E-state index contributed by atoms with van der Waals surface area (Å²) in [5, 5.41) is 11.7. The average Bonchev–Trinajstić information content (AvgIpc) is 3.10. The molecule has 0 unspecified atom stereocenters. The molecule has 1 amide bonds. The standard InChI is InChI=1S/C12H13ClN2O4/c1-19-9-5-8(7(13)4-6(9)10(16)17)15-11(18)12(14)2-3-12/h4-5H,2-3,14H2,1H3,(H,15,18)(H,16,17). The number of anilines is 1. The smallest absolute Gasteiger partial charge is 0.339 e. The molecule has 19 heavy (non-hydrogen) atoms. The second kappa shape index (κ2) is 4.71. The molecular weight excluding hydrogens is 272 g/mol. The Balaban J connectivity index is 2.31. The van der Waals surface area contributed by atoms with Gasteiger partial charge in [0.1, 0.15) is 11.3 Å². The minimum absolute atomic E-state index is 0.0700. The predicted octanol–water partition coefficient (Wildman–Crippen LogP) is 1.48. The Kier molecular flexibility index (Phi) is 3.38. The van der Waals surface area contributed by atoms with Crippen LogP contribution >= 0.6 is 11.6 Å². The second-order valence-corrected chi connectivity index (χ2v) is 4.85. The van der Waals surface area contributed by atoms with E-state index in [-0.39, 0.29) is 27.9 Å². The Morgan fingerprint density at radius 1 is 1.47 bits per heavy atom. The van der Waals surface area contributed by atoms with E-state index in [1.54, 1.807) is 0 Å². The lowest BCUT2D eigenvalue weighted by molar-refractivity contribution is -0.118. The maximum Gasteiger partial charge on any atom is 0.339 e. The van der Waals surface area contributed by atoms with Crippen LogP contribution in [0.15, 0.2) is 12.1 Å². The third-order valence-corrected chi connectivity index (χ3v) is 3.32. The van der Waals surface area contributed by atoms with Gasteiger partial charge in [-0.2, -0.15) is 0 Å². The Bertz CT molecular complexity index is 555. The summed E-state index contributed by atoms with van der Waals surface area (Å²) in [4.78, 5) is 22.8.